The lowest BCUT2D eigenvalue weighted by Crippen LogP contribution is -2.19. The predicted octanol–water partition coefficient (Wildman–Crippen LogP) is 3.03. The van der Waals surface area contributed by atoms with Crippen LogP contribution < -0.4 is 5.32 Å². The smallest absolute Gasteiger partial charge is 0.142 e. The summed E-state index contributed by atoms with van der Waals surface area (Å²) in [5.41, 5.74) is 2.37. The van der Waals surface area contributed by atoms with Crippen molar-refractivity contribution in [3.8, 4) is 0 Å². The van der Waals surface area contributed by atoms with Crippen LogP contribution in [-0.2, 0) is 11.2 Å². The van der Waals surface area contributed by atoms with Gasteiger partial charge in [-0.2, -0.15) is 0 Å². The zero-order valence-corrected chi connectivity index (χ0v) is 9.49. The first-order chi connectivity index (χ1) is 7.30. The highest BCUT2D eigenvalue weighted by atomic mass is 16.1. The second kappa shape index (κ2) is 6.23. The summed E-state index contributed by atoms with van der Waals surface area (Å²) in [6, 6.07) is 8.24. The van der Waals surface area contributed by atoms with Crippen molar-refractivity contribution < 1.29 is 4.79 Å². The molecule has 1 N–H and O–H groups in total. The van der Waals surface area contributed by atoms with Crippen LogP contribution in [0, 0.1) is 0 Å². The number of rotatable bonds is 6. The summed E-state index contributed by atoms with van der Waals surface area (Å²) in [5.74, 6) is 0. The lowest BCUT2D eigenvalue weighted by Gasteiger charge is -2.12. The molecule has 0 amide bonds. The molecular formula is C13H19NO. The Balaban J connectivity index is 2.59. The van der Waals surface area contributed by atoms with Crippen molar-refractivity contribution in [1.29, 1.82) is 0 Å². The van der Waals surface area contributed by atoms with Gasteiger partial charge in [0.25, 0.3) is 0 Å². The largest absolute Gasteiger partial charge is 0.376 e. The van der Waals surface area contributed by atoms with Crippen LogP contribution in [0.5, 0.6) is 0 Å². The van der Waals surface area contributed by atoms with Gasteiger partial charge in [0.1, 0.15) is 6.29 Å². The number of benzene rings is 1. The molecule has 0 aromatic heterocycles. The summed E-state index contributed by atoms with van der Waals surface area (Å²) in [6.45, 7) is 4.17. The van der Waals surface area contributed by atoms with Gasteiger partial charge in [-0.25, -0.2) is 0 Å². The van der Waals surface area contributed by atoms with Gasteiger partial charge in [-0.05, 0) is 30.5 Å². The lowest BCUT2D eigenvalue weighted by molar-refractivity contribution is -0.108. The van der Waals surface area contributed by atoms with E-state index in [4.69, 9.17) is 0 Å². The van der Waals surface area contributed by atoms with Crippen molar-refractivity contribution >= 4 is 12.0 Å². The first-order valence-corrected chi connectivity index (χ1v) is 5.61. The Bertz CT molecular complexity index is 292. The van der Waals surface area contributed by atoms with Crippen LogP contribution in [-0.4, -0.2) is 12.3 Å². The normalized spacial score (nSPS) is 12.1. The Morgan fingerprint density at radius 3 is 2.40 bits per heavy atom. The third-order valence-electron chi connectivity index (χ3n) is 2.45. The zero-order chi connectivity index (χ0) is 11.1. The van der Waals surface area contributed by atoms with Crippen LogP contribution in [0.4, 0.5) is 5.69 Å². The Morgan fingerprint density at radius 2 is 1.93 bits per heavy atom. The highest BCUT2D eigenvalue weighted by Gasteiger charge is 2.02. The number of nitrogens with one attached hydrogen (secondary N) is 1. The molecule has 0 bridgehead atoms. The Hall–Kier alpha value is -1.31. The molecule has 15 heavy (non-hydrogen) atoms. The molecule has 0 aliphatic heterocycles. The third kappa shape index (κ3) is 3.74. The molecule has 0 saturated heterocycles. The molecule has 82 valence electrons. The maximum atomic E-state index is 10.6. The average Bonchev–Trinajstić information content (AvgIpc) is 2.28. The topological polar surface area (TPSA) is 29.1 Å². The quantitative estimate of drug-likeness (QED) is 0.723. The first-order valence-electron chi connectivity index (χ1n) is 5.61. The molecule has 2 heteroatoms. The van der Waals surface area contributed by atoms with Crippen LogP contribution >= 0.6 is 0 Å². The van der Waals surface area contributed by atoms with Gasteiger partial charge in [-0.1, -0.05) is 32.4 Å². The highest BCUT2D eigenvalue weighted by molar-refractivity contribution is 5.64. The number of aryl methyl sites for hydroxylation is 1. The number of aldehydes is 1. The fourth-order valence-electron chi connectivity index (χ4n) is 1.50. The molecule has 0 radical (unpaired) electrons. The molecule has 1 unspecified atom stereocenters. The molecule has 2 nitrogen and oxygen atoms in total. The Morgan fingerprint density at radius 1 is 1.27 bits per heavy atom. The fourth-order valence-corrected chi connectivity index (χ4v) is 1.50. The van der Waals surface area contributed by atoms with Gasteiger partial charge in [0.15, 0.2) is 0 Å². The van der Waals surface area contributed by atoms with Gasteiger partial charge in [-0.3, -0.25) is 0 Å². The third-order valence-corrected chi connectivity index (χ3v) is 2.45. The fraction of sp³-hybridized carbons (Fsp3) is 0.462. The van der Waals surface area contributed by atoms with E-state index in [1.165, 1.54) is 12.0 Å². The molecule has 0 aliphatic rings. The Labute approximate surface area is 91.7 Å². The van der Waals surface area contributed by atoms with E-state index >= 15 is 0 Å². The predicted molar refractivity (Wildman–Crippen MR) is 64.2 cm³/mol. The second-order valence-corrected chi connectivity index (χ2v) is 3.74. The maximum Gasteiger partial charge on any atom is 0.142 e. The van der Waals surface area contributed by atoms with Gasteiger partial charge in [0, 0.05) is 5.69 Å². The van der Waals surface area contributed by atoms with Crippen LogP contribution in [0.25, 0.3) is 0 Å². The van der Waals surface area contributed by atoms with E-state index in [1.54, 1.807) is 0 Å². The summed E-state index contributed by atoms with van der Waals surface area (Å²) >= 11 is 0. The monoisotopic (exact) mass is 205 g/mol. The molecule has 0 heterocycles. The number of anilines is 1. The zero-order valence-electron chi connectivity index (χ0n) is 9.49. The molecule has 0 fully saturated rings. The molecule has 1 aromatic carbocycles. The van der Waals surface area contributed by atoms with Crippen LogP contribution in [0.3, 0.4) is 0 Å². The lowest BCUT2D eigenvalue weighted by atomic mass is 10.1. The van der Waals surface area contributed by atoms with Crippen molar-refractivity contribution in [2.45, 2.75) is 39.2 Å². The summed E-state index contributed by atoms with van der Waals surface area (Å²) in [7, 11) is 0. The van der Waals surface area contributed by atoms with E-state index in [9.17, 15) is 4.79 Å². The molecule has 1 atom stereocenters. The van der Waals surface area contributed by atoms with Crippen molar-refractivity contribution in [3.63, 3.8) is 0 Å². The van der Waals surface area contributed by atoms with E-state index < -0.39 is 0 Å². The van der Waals surface area contributed by atoms with E-state index in [0.717, 1.165) is 24.8 Å². The van der Waals surface area contributed by atoms with Gasteiger partial charge < -0.3 is 10.1 Å². The minimum Gasteiger partial charge on any atom is -0.376 e. The second-order valence-electron chi connectivity index (χ2n) is 3.74. The van der Waals surface area contributed by atoms with Gasteiger partial charge in [-0.15, -0.1) is 0 Å². The van der Waals surface area contributed by atoms with Crippen molar-refractivity contribution in [1.82, 2.24) is 0 Å². The van der Waals surface area contributed by atoms with E-state index in [2.05, 4.69) is 24.4 Å². The summed E-state index contributed by atoms with van der Waals surface area (Å²) < 4.78 is 0. The van der Waals surface area contributed by atoms with Gasteiger partial charge >= 0.3 is 0 Å². The van der Waals surface area contributed by atoms with E-state index in [0.29, 0.717) is 0 Å². The minimum atomic E-state index is -0.0676. The minimum absolute atomic E-state index is 0.0676. The molecule has 0 aliphatic carbocycles. The molecule has 0 spiro atoms. The van der Waals surface area contributed by atoms with E-state index in [1.807, 2.05) is 19.1 Å². The van der Waals surface area contributed by atoms with Crippen LogP contribution in [0.2, 0.25) is 0 Å². The van der Waals surface area contributed by atoms with E-state index in [-0.39, 0.29) is 6.04 Å². The molecule has 1 rings (SSSR count). The highest BCUT2D eigenvalue weighted by Crippen LogP contribution is 2.12. The van der Waals surface area contributed by atoms with Gasteiger partial charge in [0.2, 0.25) is 0 Å². The summed E-state index contributed by atoms with van der Waals surface area (Å²) in [4.78, 5) is 10.6. The summed E-state index contributed by atoms with van der Waals surface area (Å²) in [5, 5.41) is 3.18. The Kier molecular flexibility index (Phi) is 4.88. The van der Waals surface area contributed by atoms with Crippen molar-refractivity contribution in [3.05, 3.63) is 29.8 Å². The molecule has 1 aromatic rings. The SMILES string of the molecule is CCCc1ccc(NC(C=O)CC)cc1. The average molecular weight is 205 g/mol. The van der Waals surface area contributed by atoms with Gasteiger partial charge in [0.05, 0.1) is 6.04 Å². The standard InChI is InChI=1S/C13H19NO/c1-3-5-11-6-8-13(9-7-11)14-12(4-2)10-15/h6-10,12,14H,3-5H2,1-2H3. The summed E-state index contributed by atoms with van der Waals surface area (Å²) in [6.07, 6.45) is 4.06. The van der Waals surface area contributed by atoms with Crippen LogP contribution in [0.15, 0.2) is 24.3 Å². The molecule has 0 saturated carbocycles. The number of carbonyl (C=O) groups excluding carboxylic acids is 1. The first kappa shape index (κ1) is 11.8. The van der Waals surface area contributed by atoms with Crippen LogP contribution in [0.1, 0.15) is 32.3 Å². The van der Waals surface area contributed by atoms with Crippen molar-refractivity contribution in [2.75, 3.05) is 5.32 Å². The maximum absolute atomic E-state index is 10.6. The number of hydrogen-bond acceptors (Lipinski definition) is 2. The number of hydrogen-bond donors (Lipinski definition) is 1. The molecular weight excluding hydrogens is 186 g/mol. The number of carbonyl (C=O) groups is 1. The van der Waals surface area contributed by atoms with Crippen molar-refractivity contribution in [2.24, 2.45) is 0 Å².